The molecule has 0 aliphatic rings. The lowest BCUT2D eigenvalue weighted by Gasteiger charge is -2.12. The van der Waals surface area contributed by atoms with Crippen LogP contribution in [0.3, 0.4) is 0 Å². The van der Waals surface area contributed by atoms with Gasteiger partial charge in [-0.1, -0.05) is 17.7 Å². The fourth-order valence-corrected chi connectivity index (χ4v) is 3.68. The molecule has 156 valence electrons. The number of hydrogen-bond acceptors (Lipinski definition) is 6. The minimum Gasteiger partial charge on any atom is -0.493 e. The minimum absolute atomic E-state index is 0.154. The van der Waals surface area contributed by atoms with Gasteiger partial charge in [0.25, 0.3) is 5.91 Å². The van der Waals surface area contributed by atoms with Gasteiger partial charge in [0.1, 0.15) is 0 Å². The molecule has 2 aromatic rings. The maximum atomic E-state index is 12.3. The van der Waals surface area contributed by atoms with Crippen LogP contribution in [0.4, 0.5) is 0 Å². The van der Waals surface area contributed by atoms with Crippen LogP contribution in [-0.2, 0) is 14.6 Å². The lowest BCUT2D eigenvalue weighted by atomic mass is 10.2. The van der Waals surface area contributed by atoms with Crippen molar-refractivity contribution in [2.45, 2.75) is 25.2 Å². The van der Waals surface area contributed by atoms with Gasteiger partial charge in [0, 0.05) is 12.0 Å². The molecule has 2 rings (SSSR count). The number of ether oxygens (including phenoxy) is 2. The van der Waals surface area contributed by atoms with Crippen molar-refractivity contribution in [3.05, 3.63) is 53.6 Å². The molecule has 0 aliphatic heterocycles. The maximum Gasteiger partial charge on any atom is 0.269 e. The van der Waals surface area contributed by atoms with Crippen LogP contribution < -0.4 is 20.3 Å². The highest BCUT2D eigenvalue weighted by atomic mass is 32.2. The smallest absolute Gasteiger partial charge is 0.269 e. The summed E-state index contributed by atoms with van der Waals surface area (Å²) in [5.41, 5.74) is 5.66. The van der Waals surface area contributed by atoms with E-state index in [1.807, 2.05) is 13.8 Å². The summed E-state index contributed by atoms with van der Waals surface area (Å²) in [5.74, 6) is -0.672. The van der Waals surface area contributed by atoms with Gasteiger partial charge in [0.15, 0.2) is 21.3 Å². The molecule has 2 aromatic carbocycles. The molecule has 9 heteroatoms. The Morgan fingerprint density at radius 2 is 1.69 bits per heavy atom. The normalized spacial score (nSPS) is 10.9. The van der Waals surface area contributed by atoms with Crippen molar-refractivity contribution < 1.29 is 27.5 Å². The number of benzene rings is 2. The SMILES string of the molecule is CCOc1ccc(C(=O)NNC(=O)CCS(=O)(=O)c2ccc(C)cc2)cc1OC. The van der Waals surface area contributed by atoms with E-state index in [4.69, 9.17) is 9.47 Å². The van der Waals surface area contributed by atoms with E-state index in [0.717, 1.165) is 5.56 Å². The molecule has 0 atom stereocenters. The topological polar surface area (TPSA) is 111 Å². The second-order valence-electron chi connectivity index (χ2n) is 6.18. The van der Waals surface area contributed by atoms with Crippen LogP contribution in [0.25, 0.3) is 0 Å². The summed E-state index contributed by atoms with van der Waals surface area (Å²) >= 11 is 0. The first-order chi connectivity index (χ1) is 13.8. The Labute approximate surface area is 170 Å². The summed E-state index contributed by atoms with van der Waals surface area (Å²) in [6.07, 6.45) is -0.289. The van der Waals surface area contributed by atoms with Crippen LogP contribution in [0.5, 0.6) is 11.5 Å². The van der Waals surface area contributed by atoms with E-state index >= 15 is 0 Å². The van der Waals surface area contributed by atoms with Crippen molar-refractivity contribution in [3.8, 4) is 11.5 Å². The summed E-state index contributed by atoms with van der Waals surface area (Å²) in [6.45, 7) is 4.13. The predicted molar refractivity (Wildman–Crippen MR) is 108 cm³/mol. The van der Waals surface area contributed by atoms with Crippen LogP contribution in [-0.4, -0.2) is 39.7 Å². The minimum atomic E-state index is -3.59. The fourth-order valence-electron chi connectivity index (χ4n) is 2.44. The van der Waals surface area contributed by atoms with Gasteiger partial charge in [0.05, 0.1) is 24.4 Å². The molecule has 8 nitrogen and oxygen atoms in total. The Kier molecular flexibility index (Phi) is 7.60. The number of nitrogens with one attached hydrogen (secondary N) is 2. The molecular formula is C20H24N2O6S. The van der Waals surface area contributed by atoms with Crippen LogP contribution in [0.2, 0.25) is 0 Å². The molecule has 0 heterocycles. The van der Waals surface area contributed by atoms with Gasteiger partial charge in [0.2, 0.25) is 5.91 Å². The van der Waals surface area contributed by atoms with Crippen molar-refractivity contribution in [3.63, 3.8) is 0 Å². The monoisotopic (exact) mass is 420 g/mol. The molecule has 0 saturated carbocycles. The Balaban J connectivity index is 1.90. The number of hydrazine groups is 1. The van der Waals surface area contributed by atoms with Crippen molar-refractivity contribution in [1.29, 1.82) is 0 Å². The molecule has 0 aromatic heterocycles. The predicted octanol–water partition coefficient (Wildman–Crippen LogP) is 2.03. The van der Waals surface area contributed by atoms with E-state index in [1.54, 1.807) is 18.2 Å². The largest absolute Gasteiger partial charge is 0.493 e. The maximum absolute atomic E-state index is 12.3. The molecular weight excluding hydrogens is 396 g/mol. The first kappa shape index (κ1) is 22.2. The lowest BCUT2D eigenvalue weighted by Crippen LogP contribution is -2.42. The highest BCUT2D eigenvalue weighted by Crippen LogP contribution is 2.27. The van der Waals surface area contributed by atoms with Crippen LogP contribution >= 0.6 is 0 Å². The van der Waals surface area contributed by atoms with Crippen LogP contribution in [0.15, 0.2) is 47.4 Å². The number of carbonyl (C=O) groups is 2. The Bertz CT molecular complexity index is 971. The van der Waals surface area contributed by atoms with Crippen LogP contribution in [0.1, 0.15) is 29.3 Å². The average Bonchev–Trinajstić information content (AvgIpc) is 2.71. The van der Waals surface area contributed by atoms with Gasteiger partial charge in [-0.25, -0.2) is 8.42 Å². The van der Waals surface area contributed by atoms with Crippen molar-refractivity contribution in [2.24, 2.45) is 0 Å². The Morgan fingerprint density at radius 3 is 2.31 bits per heavy atom. The Morgan fingerprint density at radius 1 is 1.00 bits per heavy atom. The number of hydrogen-bond donors (Lipinski definition) is 2. The average molecular weight is 420 g/mol. The third kappa shape index (κ3) is 6.21. The molecule has 0 aliphatic carbocycles. The summed E-state index contributed by atoms with van der Waals surface area (Å²) in [5, 5.41) is 0. The molecule has 29 heavy (non-hydrogen) atoms. The second kappa shape index (κ2) is 9.92. The van der Waals surface area contributed by atoms with Crippen molar-refractivity contribution >= 4 is 21.7 Å². The summed E-state index contributed by atoms with van der Waals surface area (Å²) in [4.78, 5) is 24.3. The number of aryl methyl sites for hydroxylation is 1. The van der Waals surface area contributed by atoms with E-state index in [0.29, 0.717) is 18.1 Å². The molecule has 0 spiro atoms. The zero-order valence-corrected chi connectivity index (χ0v) is 17.3. The highest BCUT2D eigenvalue weighted by molar-refractivity contribution is 7.91. The van der Waals surface area contributed by atoms with Gasteiger partial charge in [-0.15, -0.1) is 0 Å². The van der Waals surface area contributed by atoms with Crippen molar-refractivity contribution in [2.75, 3.05) is 19.5 Å². The first-order valence-corrected chi connectivity index (χ1v) is 10.6. The fraction of sp³-hybridized carbons (Fsp3) is 0.300. The molecule has 2 N–H and O–H groups in total. The molecule has 0 unspecified atom stereocenters. The number of amides is 2. The van der Waals surface area contributed by atoms with Gasteiger partial charge >= 0.3 is 0 Å². The van der Waals surface area contributed by atoms with Gasteiger partial charge in [-0.3, -0.25) is 20.4 Å². The van der Waals surface area contributed by atoms with Gasteiger partial charge in [-0.05, 0) is 44.2 Å². The van der Waals surface area contributed by atoms with Gasteiger partial charge in [-0.2, -0.15) is 0 Å². The number of carbonyl (C=O) groups excluding carboxylic acids is 2. The summed E-state index contributed by atoms with van der Waals surface area (Å²) in [7, 11) is -2.13. The zero-order chi connectivity index (χ0) is 21.4. The molecule has 0 bridgehead atoms. The Hall–Kier alpha value is -3.07. The quantitative estimate of drug-likeness (QED) is 0.632. The van der Waals surface area contributed by atoms with Crippen molar-refractivity contribution in [1.82, 2.24) is 10.9 Å². The highest BCUT2D eigenvalue weighted by Gasteiger charge is 2.17. The standard InChI is InChI=1S/C20H24N2O6S/c1-4-28-17-10-7-15(13-18(17)27-3)20(24)22-21-19(23)11-12-29(25,26)16-8-5-14(2)6-9-16/h5-10,13H,4,11-12H2,1-3H3,(H,21,23)(H,22,24). The van der Waals surface area contributed by atoms with E-state index in [2.05, 4.69) is 10.9 Å². The third-order valence-electron chi connectivity index (χ3n) is 4.02. The van der Waals surface area contributed by atoms with E-state index < -0.39 is 21.7 Å². The summed E-state index contributed by atoms with van der Waals surface area (Å²) < 4.78 is 35.1. The molecule has 0 saturated heterocycles. The van der Waals surface area contributed by atoms with E-state index in [9.17, 15) is 18.0 Å². The zero-order valence-electron chi connectivity index (χ0n) is 16.5. The lowest BCUT2D eigenvalue weighted by molar-refractivity contribution is -0.121. The van der Waals surface area contributed by atoms with Gasteiger partial charge < -0.3 is 9.47 Å². The molecule has 0 fully saturated rings. The summed E-state index contributed by atoms with van der Waals surface area (Å²) in [6, 6.07) is 11.0. The second-order valence-corrected chi connectivity index (χ2v) is 8.29. The first-order valence-electron chi connectivity index (χ1n) is 8.96. The number of methoxy groups -OCH3 is 1. The van der Waals surface area contributed by atoms with E-state index in [-0.39, 0.29) is 22.6 Å². The number of sulfone groups is 1. The van der Waals surface area contributed by atoms with Crippen LogP contribution in [0, 0.1) is 6.92 Å². The van der Waals surface area contributed by atoms with E-state index in [1.165, 1.54) is 31.4 Å². The third-order valence-corrected chi connectivity index (χ3v) is 5.75. The number of rotatable bonds is 8. The molecule has 2 amide bonds. The molecule has 0 radical (unpaired) electrons.